The number of aromatic hydroxyl groups is 3. The monoisotopic (exact) mass is 540 g/mol. The molecule has 7 nitrogen and oxygen atoms in total. The third kappa shape index (κ3) is 8.64. The van der Waals surface area contributed by atoms with Crippen molar-refractivity contribution in [1.82, 2.24) is 10.6 Å². The quantitative estimate of drug-likeness (QED) is 0.156. The first-order valence-electron chi connectivity index (χ1n) is 10.5. The van der Waals surface area contributed by atoms with Crippen LogP contribution in [0.4, 0.5) is 0 Å². The molecule has 0 heterocycles. The number of amides is 2. The Morgan fingerprint density at radius 3 is 1.58 bits per heavy atom. The number of hydrogen-bond donors (Lipinski definition) is 5. The second kappa shape index (κ2) is 13.0. The minimum atomic E-state index is -0.304. The van der Waals surface area contributed by atoms with Crippen molar-refractivity contribution in [2.75, 3.05) is 13.1 Å². The number of phenolic OH excluding ortho intramolecular Hbond substituents is 3. The van der Waals surface area contributed by atoms with Gasteiger partial charge in [-0.3, -0.25) is 9.59 Å². The van der Waals surface area contributed by atoms with E-state index in [9.17, 15) is 24.9 Å². The van der Waals surface area contributed by atoms with E-state index in [2.05, 4.69) is 10.6 Å². The molecule has 0 aliphatic heterocycles. The molecule has 31 heavy (non-hydrogen) atoms. The molecule has 0 radical (unpaired) electrons. The van der Waals surface area contributed by atoms with Gasteiger partial charge in [-0.2, -0.15) is 0 Å². The van der Waals surface area contributed by atoms with Crippen LogP contribution in [0.25, 0.3) is 0 Å². The molecule has 2 amide bonds. The molecule has 0 spiro atoms. The van der Waals surface area contributed by atoms with Crippen LogP contribution in [0.5, 0.6) is 17.2 Å². The zero-order valence-electron chi connectivity index (χ0n) is 17.4. The van der Waals surface area contributed by atoms with Crippen LogP contribution in [0.2, 0.25) is 0 Å². The number of carbonyl (C=O) groups excluding carboxylic acids is 2. The Bertz CT molecular complexity index is 817. The smallest absolute Gasteiger partial charge is 0.251 e. The molecule has 2 aromatic rings. The van der Waals surface area contributed by atoms with Crippen molar-refractivity contribution >= 4 is 34.4 Å². The van der Waals surface area contributed by atoms with Gasteiger partial charge in [-0.25, -0.2) is 0 Å². The van der Waals surface area contributed by atoms with Gasteiger partial charge in [-0.15, -0.1) is 0 Å². The molecule has 168 valence electrons. The minimum absolute atomic E-state index is 0.118. The number of benzene rings is 2. The fraction of sp³-hybridized carbons (Fsp3) is 0.391. The molecule has 0 aliphatic carbocycles. The normalized spacial score (nSPS) is 10.6. The first-order chi connectivity index (χ1) is 14.9. The summed E-state index contributed by atoms with van der Waals surface area (Å²) in [6.45, 7) is 1.19. The number of rotatable bonds is 12. The summed E-state index contributed by atoms with van der Waals surface area (Å²) >= 11 is 2.01. The predicted molar refractivity (Wildman–Crippen MR) is 128 cm³/mol. The summed E-state index contributed by atoms with van der Waals surface area (Å²) < 4.78 is 0.717. The summed E-state index contributed by atoms with van der Waals surface area (Å²) in [4.78, 5) is 24.0. The van der Waals surface area contributed by atoms with Gasteiger partial charge in [0, 0.05) is 24.2 Å². The van der Waals surface area contributed by atoms with E-state index >= 15 is 0 Å². The maximum Gasteiger partial charge on any atom is 0.251 e. The van der Waals surface area contributed by atoms with Gasteiger partial charge in [0.25, 0.3) is 11.8 Å². The van der Waals surface area contributed by atoms with Crippen LogP contribution < -0.4 is 10.6 Å². The molecule has 0 saturated heterocycles. The molecule has 0 fully saturated rings. The van der Waals surface area contributed by atoms with Crippen molar-refractivity contribution in [3.05, 3.63) is 51.1 Å². The Morgan fingerprint density at radius 1 is 0.645 bits per heavy atom. The Kier molecular flexibility index (Phi) is 10.4. The summed E-state index contributed by atoms with van der Waals surface area (Å²) in [5.41, 5.74) is 0.786. The maximum atomic E-state index is 12.0. The van der Waals surface area contributed by atoms with Gasteiger partial charge in [0.1, 0.15) is 5.75 Å². The molecule has 2 aromatic carbocycles. The third-order valence-electron chi connectivity index (χ3n) is 4.87. The molecule has 0 unspecified atom stereocenters. The predicted octanol–water partition coefficient (Wildman–Crippen LogP) is 4.30. The second-order valence-electron chi connectivity index (χ2n) is 7.36. The number of halogens is 1. The van der Waals surface area contributed by atoms with Gasteiger partial charge < -0.3 is 26.0 Å². The Morgan fingerprint density at radius 2 is 1.10 bits per heavy atom. The summed E-state index contributed by atoms with van der Waals surface area (Å²) in [6, 6.07) is 8.91. The van der Waals surface area contributed by atoms with Crippen molar-refractivity contribution in [2.45, 2.75) is 44.9 Å². The molecule has 8 heteroatoms. The lowest BCUT2D eigenvalue weighted by molar-refractivity contribution is 0.0944. The second-order valence-corrected chi connectivity index (χ2v) is 8.52. The van der Waals surface area contributed by atoms with Crippen LogP contribution in [0.15, 0.2) is 36.4 Å². The summed E-state index contributed by atoms with van der Waals surface area (Å²) in [7, 11) is 0. The fourth-order valence-electron chi connectivity index (χ4n) is 3.06. The standard InChI is InChI=1S/C23H29IN2O5/c24-18-10-8-16(14-20(18)28)22(30)25-12-6-4-2-1-3-5-7-13-26-23(31)17-9-11-19(27)21(29)15-17/h8-11,14-15,27-29H,1-7,12-13H2,(H,25,30)(H,26,31). The molecule has 0 atom stereocenters. The van der Waals surface area contributed by atoms with Gasteiger partial charge in [0.2, 0.25) is 0 Å². The highest BCUT2D eigenvalue weighted by molar-refractivity contribution is 14.1. The molecule has 0 aromatic heterocycles. The van der Waals surface area contributed by atoms with Crippen molar-refractivity contribution in [3.8, 4) is 17.2 Å². The molecule has 0 bridgehead atoms. The van der Waals surface area contributed by atoms with Crippen molar-refractivity contribution in [2.24, 2.45) is 0 Å². The zero-order chi connectivity index (χ0) is 22.6. The van der Waals surface area contributed by atoms with E-state index in [-0.39, 0.29) is 29.1 Å². The van der Waals surface area contributed by atoms with Crippen LogP contribution in [0.3, 0.4) is 0 Å². The topological polar surface area (TPSA) is 119 Å². The lowest BCUT2D eigenvalue weighted by atomic mass is 10.1. The van der Waals surface area contributed by atoms with E-state index in [0.29, 0.717) is 27.8 Å². The van der Waals surface area contributed by atoms with E-state index in [0.717, 1.165) is 44.9 Å². The molecule has 2 rings (SSSR count). The Balaban J connectivity index is 1.46. The first kappa shape index (κ1) is 24.8. The highest BCUT2D eigenvalue weighted by Crippen LogP contribution is 2.24. The maximum absolute atomic E-state index is 12.0. The molecule has 0 saturated carbocycles. The Hall–Kier alpha value is -2.49. The molecule has 0 aliphatic rings. The van der Waals surface area contributed by atoms with Crippen LogP contribution in [-0.2, 0) is 0 Å². The number of phenols is 3. The van der Waals surface area contributed by atoms with Crippen LogP contribution in [0, 0.1) is 3.57 Å². The van der Waals surface area contributed by atoms with E-state index in [1.165, 1.54) is 24.3 Å². The van der Waals surface area contributed by atoms with Crippen molar-refractivity contribution in [1.29, 1.82) is 0 Å². The van der Waals surface area contributed by atoms with Crippen LogP contribution in [0.1, 0.15) is 65.7 Å². The average Bonchev–Trinajstić information content (AvgIpc) is 2.75. The van der Waals surface area contributed by atoms with Gasteiger partial charge in [-0.1, -0.05) is 32.1 Å². The molecule has 5 N–H and O–H groups in total. The highest BCUT2D eigenvalue weighted by Gasteiger charge is 2.09. The number of carbonyl (C=O) groups is 2. The summed E-state index contributed by atoms with van der Waals surface area (Å²) in [6.07, 6.45) is 7.15. The number of nitrogens with one attached hydrogen (secondary N) is 2. The van der Waals surface area contributed by atoms with E-state index in [1.807, 2.05) is 22.6 Å². The fourth-order valence-corrected chi connectivity index (χ4v) is 3.40. The number of unbranched alkanes of at least 4 members (excludes halogenated alkanes) is 6. The van der Waals surface area contributed by atoms with E-state index in [1.54, 1.807) is 12.1 Å². The zero-order valence-corrected chi connectivity index (χ0v) is 19.5. The van der Waals surface area contributed by atoms with Crippen LogP contribution >= 0.6 is 22.6 Å². The van der Waals surface area contributed by atoms with Gasteiger partial charge in [0.05, 0.1) is 3.57 Å². The van der Waals surface area contributed by atoms with Gasteiger partial charge in [-0.05, 0) is 71.8 Å². The van der Waals surface area contributed by atoms with E-state index in [4.69, 9.17) is 0 Å². The lowest BCUT2D eigenvalue weighted by Crippen LogP contribution is -2.24. The Labute approximate surface area is 196 Å². The summed E-state index contributed by atoms with van der Waals surface area (Å²) in [5, 5.41) is 34.1. The van der Waals surface area contributed by atoms with E-state index < -0.39 is 0 Å². The number of hydrogen-bond acceptors (Lipinski definition) is 5. The SMILES string of the molecule is O=C(NCCCCCCCCCNC(=O)c1ccc(I)c(O)c1)c1ccc(O)c(O)c1. The lowest BCUT2D eigenvalue weighted by Gasteiger charge is -2.07. The minimum Gasteiger partial charge on any atom is -0.507 e. The third-order valence-corrected chi connectivity index (χ3v) is 5.78. The van der Waals surface area contributed by atoms with Gasteiger partial charge in [0.15, 0.2) is 11.5 Å². The largest absolute Gasteiger partial charge is 0.507 e. The van der Waals surface area contributed by atoms with Crippen molar-refractivity contribution in [3.63, 3.8) is 0 Å². The average molecular weight is 540 g/mol. The summed E-state index contributed by atoms with van der Waals surface area (Å²) in [5.74, 6) is -0.867. The molecular formula is C23H29IN2O5. The first-order valence-corrected chi connectivity index (χ1v) is 11.5. The van der Waals surface area contributed by atoms with Gasteiger partial charge >= 0.3 is 0 Å². The highest BCUT2D eigenvalue weighted by atomic mass is 127. The van der Waals surface area contributed by atoms with Crippen molar-refractivity contribution < 1.29 is 24.9 Å². The molecular weight excluding hydrogens is 511 g/mol. The van der Waals surface area contributed by atoms with Crippen LogP contribution in [-0.4, -0.2) is 40.2 Å².